The number of hydrogen-bond acceptors (Lipinski definition) is 8. The second-order valence-electron chi connectivity index (χ2n) is 13.0. The van der Waals surface area contributed by atoms with E-state index >= 15 is 0 Å². The maximum absolute atomic E-state index is 12.2. The molecule has 1 amide bonds. The van der Waals surface area contributed by atoms with Gasteiger partial charge in [0, 0.05) is 30.4 Å². The molecule has 0 bridgehead atoms. The standard InChI is InChI=1S/C23H44BN3O5Si.C2H4O2.K/c1-20(2,3)29-19(28)25-14-18(30-33(11,12)21(4,5)6)16-27-15-17(13-26-27)24-31-22(7,8)23(9,10)32-24;1-2(3)4;/h13,15,18H,14,16H2,1-12H3,(H,25,28);1H3,(H,3,4);/q;;+1/p-1. The zero-order valence-electron chi connectivity index (χ0n) is 26.0. The number of carboxylic acids is 1. The fourth-order valence-electron chi connectivity index (χ4n) is 3.04. The summed E-state index contributed by atoms with van der Waals surface area (Å²) in [7, 11) is -2.55. The van der Waals surface area contributed by atoms with Gasteiger partial charge in [-0.3, -0.25) is 4.68 Å². The van der Waals surface area contributed by atoms with Crippen LogP contribution in [0.3, 0.4) is 0 Å². The van der Waals surface area contributed by atoms with Crippen LogP contribution in [-0.4, -0.2) is 66.7 Å². The first-order valence-corrected chi connectivity index (χ1v) is 15.6. The molecule has 0 saturated carbocycles. The average Bonchev–Trinajstić information content (AvgIpc) is 3.18. The third-order valence-electron chi connectivity index (χ3n) is 6.71. The maximum Gasteiger partial charge on any atom is 1.00 e. The first-order chi connectivity index (χ1) is 16.5. The Hall–Kier alpha value is -0.252. The van der Waals surface area contributed by atoms with Crippen molar-refractivity contribution >= 4 is 33.0 Å². The van der Waals surface area contributed by atoms with Gasteiger partial charge in [-0.05, 0) is 73.5 Å². The molecule has 1 fully saturated rings. The minimum absolute atomic E-state index is 0. The van der Waals surface area contributed by atoms with Crippen LogP contribution in [0, 0.1) is 0 Å². The fraction of sp³-hybridized carbons (Fsp3) is 0.800. The molecule has 1 atom stereocenters. The molecule has 1 N–H and O–H groups in total. The molecule has 0 radical (unpaired) electrons. The third-order valence-corrected chi connectivity index (χ3v) is 11.2. The number of ether oxygens (including phenoxy) is 1. The predicted molar refractivity (Wildman–Crippen MR) is 145 cm³/mol. The number of carbonyl (C=O) groups excluding carboxylic acids is 2. The van der Waals surface area contributed by atoms with Crippen LogP contribution in [0.4, 0.5) is 4.79 Å². The molecule has 0 aromatic carbocycles. The summed E-state index contributed by atoms with van der Waals surface area (Å²) in [6.45, 7) is 26.4. The number of aromatic nitrogens is 2. The minimum atomic E-state index is -2.08. The molecule has 1 aliphatic heterocycles. The summed E-state index contributed by atoms with van der Waals surface area (Å²) in [6, 6.07) is 0. The normalized spacial score (nSPS) is 17.6. The van der Waals surface area contributed by atoms with E-state index in [9.17, 15) is 4.79 Å². The van der Waals surface area contributed by atoms with Gasteiger partial charge in [0.05, 0.1) is 23.9 Å². The van der Waals surface area contributed by atoms with Crippen LogP contribution in [0.1, 0.15) is 76.2 Å². The Morgan fingerprint density at radius 1 is 1.13 bits per heavy atom. The van der Waals surface area contributed by atoms with E-state index in [0.717, 1.165) is 12.4 Å². The molecular formula is C25H47BKN3O7Si. The number of hydrogen-bond donors (Lipinski definition) is 1. The van der Waals surface area contributed by atoms with Crippen LogP contribution in [0.5, 0.6) is 0 Å². The van der Waals surface area contributed by atoms with Gasteiger partial charge in [-0.25, -0.2) is 4.79 Å². The zero-order valence-corrected chi connectivity index (χ0v) is 30.1. The Bertz CT molecular complexity index is 907. The summed E-state index contributed by atoms with van der Waals surface area (Å²) < 4.78 is 26.1. The summed E-state index contributed by atoms with van der Waals surface area (Å²) in [6.07, 6.45) is 2.99. The summed E-state index contributed by atoms with van der Waals surface area (Å²) in [4.78, 5) is 21.1. The smallest absolute Gasteiger partial charge is 0.550 e. The van der Waals surface area contributed by atoms with Crippen LogP contribution in [-0.2, 0) is 29.8 Å². The number of aliphatic carboxylic acids is 1. The van der Waals surface area contributed by atoms with Gasteiger partial charge in [0.25, 0.3) is 0 Å². The number of amides is 1. The van der Waals surface area contributed by atoms with Gasteiger partial charge in [-0.1, -0.05) is 20.8 Å². The van der Waals surface area contributed by atoms with Crippen LogP contribution in [0.2, 0.25) is 18.1 Å². The molecule has 1 aliphatic rings. The van der Waals surface area contributed by atoms with Gasteiger partial charge in [0.1, 0.15) is 5.60 Å². The fourth-order valence-corrected chi connectivity index (χ4v) is 4.38. The van der Waals surface area contributed by atoms with Crippen LogP contribution in [0.25, 0.3) is 0 Å². The largest absolute Gasteiger partial charge is 1.00 e. The van der Waals surface area contributed by atoms with Crippen molar-refractivity contribution < 1.29 is 84.6 Å². The molecule has 1 unspecified atom stereocenters. The molecule has 1 aromatic rings. The average molecular weight is 580 g/mol. The van der Waals surface area contributed by atoms with Crippen LogP contribution < -0.4 is 67.3 Å². The van der Waals surface area contributed by atoms with E-state index in [1.165, 1.54) is 0 Å². The van der Waals surface area contributed by atoms with Crippen LogP contribution >= 0.6 is 0 Å². The quantitative estimate of drug-likeness (QED) is 0.443. The summed E-state index contributed by atoms with van der Waals surface area (Å²) in [5.41, 5.74) is -0.518. The van der Waals surface area contributed by atoms with Gasteiger partial charge in [0.15, 0.2) is 8.32 Å². The van der Waals surface area contributed by atoms with Crippen LogP contribution in [0.15, 0.2) is 12.4 Å². The Kier molecular flexibility index (Phi) is 14.0. The summed E-state index contributed by atoms with van der Waals surface area (Å²) in [5, 5.41) is 16.3. The van der Waals surface area contributed by atoms with Crippen molar-refractivity contribution in [1.82, 2.24) is 15.1 Å². The molecule has 212 valence electrons. The van der Waals surface area contributed by atoms with E-state index in [-0.39, 0.29) is 62.5 Å². The van der Waals surface area contributed by atoms with Crippen molar-refractivity contribution in [3.63, 3.8) is 0 Å². The third kappa shape index (κ3) is 12.1. The Balaban J connectivity index is 0.00000255. The zero-order chi connectivity index (χ0) is 29.0. The molecule has 13 heteroatoms. The number of carboxylic acid groups (broad SMARTS) is 1. The molecule has 0 spiro atoms. The van der Waals surface area contributed by atoms with Crippen molar-refractivity contribution in [3.05, 3.63) is 12.4 Å². The van der Waals surface area contributed by atoms with Crippen molar-refractivity contribution in [2.24, 2.45) is 0 Å². The van der Waals surface area contributed by atoms with E-state index < -0.39 is 44.3 Å². The van der Waals surface area contributed by atoms with E-state index in [2.05, 4.69) is 44.3 Å². The number of rotatable bonds is 7. The van der Waals surface area contributed by atoms with Gasteiger partial charge in [-0.15, -0.1) is 0 Å². The summed E-state index contributed by atoms with van der Waals surface area (Å²) >= 11 is 0. The molecule has 38 heavy (non-hydrogen) atoms. The second kappa shape index (κ2) is 14.1. The monoisotopic (exact) mass is 579 g/mol. The Morgan fingerprint density at radius 2 is 1.61 bits per heavy atom. The minimum Gasteiger partial charge on any atom is -0.550 e. The number of alkyl carbamates (subject to hydrolysis) is 1. The first kappa shape index (κ1) is 37.7. The molecule has 0 aliphatic carbocycles. The molecule has 1 aromatic heterocycles. The predicted octanol–water partition coefficient (Wildman–Crippen LogP) is -0.142. The van der Waals surface area contributed by atoms with Crippen molar-refractivity contribution in [2.75, 3.05) is 6.54 Å². The Labute approximate surface area is 273 Å². The van der Waals surface area contributed by atoms with Gasteiger partial charge in [0.2, 0.25) is 0 Å². The second-order valence-corrected chi connectivity index (χ2v) is 17.7. The number of nitrogens with zero attached hydrogens (tertiary/aromatic N) is 2. The SMILES string of the molecule is CC(=O)[O-].CC(C)(C)OC(=O)NCC(Cn1cc(B2OC(C)(C)C(C)(C)O2)cn1)O[Si](C)(C)C(C)(C)C.[K+]. The molecular weight excluding hydrogens is 532 g/mol. The molecule has 2 heterocycles. The maximum atomic E-state index is 12.2. The molecule has 1 saturated heterocycles. The van der Waals surface area contributed by atoms with E-state index in [1.807, 2.05) is 59.3 Å². The first-order valence-electron chi connectivity index (χ1n) is 12.7. The number of carbonyl (C=O) groups is 2. The van der Waals surface area contributed by atoms with E-state index in [4.69, 9.17) is 28.4 Å². The van der Waals surface area contributed by atoms with Gasteiger partial charge in [-0.2, -0.15) is 5.10 Å². The summed E-state index contributed by atoms with van der Waals surface area (Å²) in [5.74, 6) is -1.08. The topological polar surface area (TPSA) is 124 Å². The van der Waals surface area contributed by atoms with Gasteiger partial charge >= 0.3 is 64.6 Å². The van der Waals surface area contributed by atoms with Crippen molar-refractivity contribution in [3.8, 4) is 0 Å². The molecule has 2 rings (SSSR count). The Morgan fingerprint density at radius 3 is 2.03 bits per heavy atom. The molecule has 10 nitrogen and oxygen atoms in total. The van der Waals surface area contributed by atoms with E-state index in [1.54, 1.807) is 6.20 Å². The van der Waals surface area contributed by atoms with Crippen molar-refractivity contribution in [1.29, 1.82) is 0 Å². The van der Waals surface area contributed by atoms with Gasteiger partial charge < -0.3 is 33.7 Å². The number of nitrogens with one attached hydrogen (secondary N) is 1. The van der Waals surface area contributed by atoms with Crippen molar-refractivity contribution in [2.45, 2.75) is 124 Å². The van der Waals surface area contributed by atoms with E-state index in [0.29, 0.717) is 13.1 Å².